The lowest BCUT2D eigenvalue weighted by molar-refractivity contribution is -0.117. The number of carbonyl (C=O) groups is 1. The van der Waals surface area contributed by atoms with E-state index in [2.05, 4.69) is 16.2 Å². The minimum atomic E-state index is -0.613. The summed E-state index contributed by atoms with van der Waals surface area (Å²) in [7, 11) is 0. The van der Waals surface area contributed by atoms with E-state index in [-0.39, 0.29) is 5.91 Å². The van der Waals surface area contributed by atoms with E-state index in [1.807, 2.05) is 30.3 Å². The molecular weight excluding hydrogens is 258 g/mol. The molecule has 0 bridgehead atoms. The van der Waals surface area contributed by atoms with E-state index in [0.717, 1.165) is 5.56 Å². The fraction of sp³-hybridized carbons (Fsp3) is 0.143. The summed E-state index contributed by atoms with van der Waals surface area (Å²) < 4.78 is 0. The standard InChI is InChI=1S/C14H13N3OS/c1-2-13-16-12(9-19-13)17-14(18)11(15)8-10-6-4-3-5-7-10/h1,3-7,9,11H,8,15H2,(H,17,18)/t11-/m0/s1. The van der Waals surface area contributed by atoms with Crippen LogP contribution in [0.15, 0.2) is 35.7 Å². The number of nitrogens with two attached hydrogens (primary N) is 1. The molecule has 1 aromatic carbocycles. The summed E-state index contributed by atoms with van der Waals surface area (Å²) in [6.45, 7) is 0. The number of carbonyl (C=O) groups excluding carboxylic acids is 1. The van der Waals surface area contributed by atoms with Crippen LogP contribution in [0.3, 0.4) is 0 Å². The quantitative estimate of drug-likeness (QED) is 0.831. The van der Waals surface area contributed by atoms with Crippen molar-refractivity contribution in [3.8, 4) is 12.3 Å². The van der Waals surface area contributed by atoms with Crippen molar-refractivity contribution in [1.82, 2.24) is 4.98 Å². The highest BCUT2D eigenvalue weighted by Crippen LogP contribution is 2.13. The summed E-state index contributed by atoms with van der Waals surface area (Å²) in [5.74, 6) is 2.60. The second kappa shape index (κ2) is 6.14. The maximum Gasteiger partial charge on any atom is 0.242 e. The third-order valence-electron chi connectivity index (χ3n) is 2.51. The van der Waals surface area contributed by atoms with E-state index in [0.29, 0.717) is 17.2 Å². The first-order chi connectivity index (χ1) is 9.19. The molecule has 5 heteroatoms. The molecule has 4 nitrogen and oxygen atoms in total. The van der Waals surface area contributed by atoms with Gasteiger partial charge in [-0.3, -0.25) is 4.79 Å². The highest BCUT2D eigenvalue weighted by Gasteiger charge is 2.15. The lowest BCUT2D eigenvalue weighted by Crippen LogP contribution is -2.37. The molecule has 2 aromatic rings. The normalized spacial score (nSPS) is 11.6. The zero-order valence-electron chi connectivity index (χ0n) is 10.2. The van der Waals surface area contributed by atoms with Crippen LogP contribution in [0.25, 0.3) is 0 Å². The van der Waals surface area contributed by atoms with Gasteiger partial charge in [-0.1, -0.05) is 30.3 Å². The molecule has 1 amide bonds. The maximum atomic E-state index is 11.9. The van der Waals surface area contributed by atoms with Crippen molar-refractivity contribution >= 4 is 23.1 Å². The van der Waals surface area contributed by atoms with E-state index in [1.54, 1.807) is 5.38 Å². The zero-order valence-corrected chi connectivity index (χ0v) is 11.0. The minimum absolute atomic E-state index is 0.266. The molecule has 96 valence electrons. The Labute approximate surface area is 115 Å². The Morgan fingerprint density at radius 2 is 2.21 bits per heavy atom. The van der Waals surface area contributed by atoms with Crippen LogP contribution in [0.1, 0.15) is 10.6 Å². The number of hydrogen-bond acceptors (Lipinski definition) is 4. The Kier molecular flexibility index (Phi) is 4.29. The molecule has 0 saturated carbocycles. The van der Waals surface area contributed by atoms with Gasteiger partial charge in [0.05, 0.1) is 6.04 Å². The summed E-state index contributed by atoms with van der Waals surface area (Å²) in [4.78, 5) is 15.9. The number of nitrogens with zero attached hydrogens (tertiary/aromatic N) is 1. The van der Waals surface area contributed by atoms with Gasteiger partial charge in [0.2, 0.25) is 5.91 Å². The summed E-state index contributed by atoms with van der Waals surface area (Å²) in [5.41, 5.74) is 6.88. The van der Waals surface area contributed by atoms with Crippen molar-refractivity contribution < 1.29 is 4.79 Å². The van der Waals surface area contributed by atoms with Crippen molar-refractivity contribution in [2.75, 3.05) is 5.32 Å². The number of rotatable bonds is 4. The Balaban J connectivity index is 1.94. The molecular formula is C14H13N3OS. The molecule has 0 aliphatic carbocycles. The average Bonchev–Trinajstić information content (AvgIpc) is 2.87. The minimum Gasteiger partial charge on any atom is -0.320 e. The molecule has 3 N–H and O–H groups in total. The van der Waals surface area contributed by atoms with Crippen molar-refractivity contribution in [3.05, 3.63) is 46.3 Å². The van der Waals surface area contributed by atoms with Crippen LogP contribution in [0.5, 0.6) is 0 Å². The fourth-order valence-electron chi connectivity index (χ4n) is 1.58. The summed E-state index contributed by atoms with van der Waals surface area (Å²) in [5, 5.41) is 4.89. The van der Waals surface area contributed by atoms with E-state index in [1.165, 1.54) is 11.3 Å². The van der Waals surface area contributed by atoms with Crippen LogP contribution in [0.4, 0.5) is 5.82 Å². The van der Waals surface area contributed by atoms with Crippen LogP contribution in [-0.2, 0) is 11.2 Å². The number of terminal acetylenes is 1. The highest BCUT2D eigenvalue weighted by atomic mass is 32.1. The molecule has 19 heavy (non-hydrogen) atoms. The van der Waals surface area contributed by atoms with Gasteiger partial charge in [0.25, 0.3) is 0 Å². The van der Waals surface area contributed by atoms with Gasteiger partial charge in [-0.15, -0.1) is 17.8 Å². The van der Waals surface area contributed by atoms with E-state index in [4.69, 9.17) is 12.2 Å². The first kappa shape index (κ1) is 13.3. The Morgan fingerprint density at radius 3 is 2.84 bits per heavy atom. The number of amides is 1. The first-order valence-corrected chi connectivity index (χ1v) is 6.59. The van der Waals surface area contributed by atoms with Gasteiger partial charge in [0.15, 0.2) is 5.01 Å². The monoisotopic (exact) mass is 271 g/mol. The Hall–Kier alpha value is -2.16. The smallest absolute Gasteiger partial charge is 0.242 e. The molecule has 0 aliphatic heterocycles. The van der Waals surface area contributed by atoms with Gasteiger partial charge in [0, 0.05) is 5.38 Å². The zero-order chi connectivity index (χ0) is 13.7. The van der Waals surface area contributed by atoms with Crippen molar-refractivity contribution in [2.24, 2.45) is 5.73 Å². The van der Waals surface area contributed by atoms with E-state index in [9.17, 15) is 4.79 Å². The Bertz CT molecular complexity index is 601. The third-order valence-corrected chi connectivity index (χ3v) is 3.29. The molecule has 1 aromatic heterocycles. The van der Waals surface area contributed by atoms with Gasteiger partial charge in [-0.25, -0.2) is 4.98 Å². The molecule has 1 heterocycles. The highest BCUT2D eigenvalue weighted by molar-refractivity contribution is 7.10. The lowest BCUT2D eigenvalue weighted by Gasteiger charge is -2.10. The van der Waals surface area contributed by atoms with E-state index < -0.39 is 6.04 Å². The topological polar surface area (TPSA) is 68.0 Å². The first-order valence-electron chi connectivity index (χ1n) is 5.71. The SMILES string of the molecule is C#Cc1nc(NC(=O)[C@@H](N)Cc2ccccc2)cs1. The van der Waals surface area contributed by atoms with Gasteiger partial charge in [0.1, 0.15) is 5.82 Å². The molecule has 0 aliphatic rings. The predicted molar refractivity (Wildman–Crippen MR) is 76.8 cm³/mol. The molecule has 0 radical (unpaired) electrons. The van der Waals surface area contributed by atoms with Crippen LogP contribution in [0, 0.1) is 12.3 Å². The molecule has 0 spiro atoms. The summed E-state index contributed by atoms with van der Waals surface area (Å²) >= 11 is 1.30. The van der Waals surface area contributed by atoms with Crippen molar-refractivity contribution in [2.45, 2.75) is 12.5 Å². The van der Waals surface area contributed by atoms with Gasteiger partial charge < -0.3 is 11.1 Å². The van der Waals surface area contributed by atoms with Crippen LogP contribution in [0.2, 0.25) is 0 Å². The van der Waals surface area contributed by atoms with Crippen molar-refractivity contribution in [1.29, 1.82) is 0 Å². The number of nitrogens with one attached hydrogen (secondary N) is 1. The number of aromatic nitrogens is 1. The van der Waals surface area contributed by atoms with Crippen molar-refractivity contribution in [3.63, 3.8) is 0 Å². The molecule has 1 atom stereocenters. The average molecular weight is 271 g/mol. The second-order valence-corrected chi connectivity index (χ2v) is 4.83. The number of benzene rings is 1. The summed E-state index contributed by atoms with van der Waals surface area (Å²) in [6.07, 6.45) is 5.70. The lowest BCUT2D eigenvalue weighted by atomic mass is 10.1. The van der Waals surface area contributed by atoms with Gasteiger partial charge >= 0.3 is 0 Å². The second-order valence-electron chi connectivity index (χ2n) is 3.97. The number of thiazole rings is 1. The van der Waals surface area contributed by atoms with Crippen LogP contribution >= 0.6 is 11.3 Å². The number of anilines is 1. The summed E-state index contributed by atoms with van der Waals surface area (Å²) in [6, 6.07) is 9.02. The molecule has 0 saturated heterocycles. The maximum absolute atomic E-state index is 11.9. The van der Waals surface area contributed by atoms with E-state index >= 15 is 0 Å². The van der Waals surface area contributed by atoms with Crippen LogP contribution in [-0.4, -0.2) is 16.9 Å². The van der Waals surface area contributed by atoms with Gasteiger partial charge in [-0.05, 0) is 17.9 Å². The molecule has 0 unspecified atom stereocenters. The molecule has 2 rings (SSSR count). The fourth-order valence-corrected chi connectivity index (χ4v) is 2.13. The van der Waals surface area contributed by atoms with Gasteiger partial charge in [-0.2, -0.15) is 0 Å². The van der Waals surface area contributed by atoms with Crippen LogP contribution < -0.4 is 11.1 Å². The largest absolute Gasteiger partial charge is 0.320 e. The Morgan fingerprint density at radius 1 is 1.47 bits per heavy atom. The number of hydrogen-bond donors (Lipinski definition) is 2. The molecule has 0 fully saturated rings. The third kappa shape index (κ3) is 3.65. The predicted octanol–water partition coefficient (Wildman–Crippen LogP) is 1.63.